The lowest BCUT2D eigenvalue weighted by Crippen LogP contribution is -2.29. The zero-order valence-corrected chi connectivity index (χ0v) is 23.9. The summed E-state index contributed by atoms with van der Waals surface area (Å²) in [5, 5.41) is 3.06. The van der Waals surface area contributed by atoms with Crippen molar-refractivity contribution < 1.29 is 4.79 Å². The number of amides is 1. The van der Waals surface area contributed by atoms with Gasteiger partial charge in [-0.2, -0.15) is 0 Å². The summed E-state index contributed by atoms with van der Waals surface area (Å²) in [4.78, 5) is 33.9. The van der Waals surface area contributed by atoms with Crippen molar-refractivity contribution in [1.82, 2.24) is 10.3 Å². The molecular formula is C34H39N3O2. The summed E-state index contributed by atoms with van der Waals surface area (Å²) in [6.07, 6.45) is 8.74. The molecule has 1 aromatic heterocycles. The number of rotatable bonds is 8. The van der Waals surface area contributed by atoms with Crippen molar-refractivity contribution in [2.24, 2.45) is 10.9 Å². The molecule has 4 rings (SSSR count). The summed E-state index contributed by atoms with van der Waals surface area (Å²) in [6.45, 7) is 12.5. The van der Waals surface area contributed by atoms with Crippen molar-refractivity contribution in [1.29, 1.82) is 0 Å². The Kier molecular flexibility index (Phi) is 8.80. The minimum Gasteiger partial charge on any atom is -0.348 e. The van der Waals surface area contributed by atoms with Crippen LogP contribution in [0.4, 0.5) is 5.69 Å². The number of pyridine rings is 1. The predicted molar refractivity (Wildman–Crippen MR) is 163 cm³/mol. The van der Waals surface area contributed by atoms with Gasteiger partial charge in [-0.05, 0) is 91.6 Å². The molecule has 39 heavy (non-hydrogen) atoms. The van der Waals surface area contributed by atoms with Gasteiger partial charge in [-0.1, -0.05) is 69.2 Å². The van der Waals surface area contributed by atoms with Crippen LogP contribution in [-0.4, -0.2) is 16.6 Å². The molecule has 0 saturated heterocycles. The maximum absolute atomic E-state index is 13.7. The van der Waals surface area contributed by atoms with Crippen molar-refractivity contribution >= 4 is 23.4 Å². The number of aromatic amines is 1. The number of hydrogen-bond acceptors (Lipinski definition) is 3. The minimum atomic E-state index is -0.184. The quantitative estimate of drug-likeness (QED) is 0.301. The molecule has 202 valence electrons. The van der Waals surface area contributed by atoms with Gasteiger partial charge in [0.05, 0.1) is 5.69 Å². The molecule has 0 radical (unpaired) electrons. The normalized spacial score (nSPS) is 12.5. The number of H-pyrrole nitrogens is 1. The van der Waals surface area contributed by atoms with E-state index in [1.165, 1.54) is 5.57 Å². The molecule has 0 atom stereocenters. The molecule has 1 amide bonds. The van der Waals surface area contributed by atoms with E-state index >= 15 is 0 Å². The van der Waals surface area contributed by atoms with Gasteiger partial charge in [-0.3, -0.25) is 14.6 Å². The molecule has 1 aliphatic rings. The van der Waals surface area contributed by atoms with Gasteiger partial charge in [0.25, 0.3) is 11.5 Å². The van der Waals surface area contributed by atoms with E-state index in [4.69, 9.17) is 0 Å². The molecule has 0 fully saturated rings. The van der Waals surface area contributed by atoms with Gasteiger partial charge < -0.3 is 10.3 Å². The number of carbonyl (C=O) groups is 1. The third kappa shape index (κ3) is 6.72. The number of allylic oxidation sites excluding steroid dienone is 3. The lowest BCUT2D eigenvalue weighted by atomic mass is 9.89. The summed E-state index contributed by atoms with van der Waals surface area (Å²) < 4.78 is 0. The number of carbonyl (C=O) groups excluding carboxylic acids is 1. The smallest absolute Gasteiger partial charge is 0.253 e. The van der Waals surface area contributed by atoms with Crippen molar-refractivity contribution in [3.05, 3.63) is 104 Å². The number of fused-ring (bicyclic) bond motifs is 1. The minimum absolute atomic E-state index is 0.137. The average Bonchev–Trinajstić information content (AvgIpc) is 3.10. The maximum Gasteiger partial charge on any atom is 0.253 e. The van der Waals surface area contributed by atoms with E-state index in [0.717, 1.165) is 64.2 Å². The second-order valence-electron chi connectivity index (χ2n) is 10.9. The standard InChI is InChI=1S/C34H39N3O2/c1-7-9-26-16-23(6)37-34(39)32(26)20-35-33(38)31-19-27(24-12-14-29(15-13-24)36-22(4)5)18-28-17-25(21(2)3)10-8-11-30(28)31/h8,10-16,18-19,21H,7,9,17,20H2,1-6H3,(H,35,38)(H,37,39). The molecule has 0 bridgehead atoms. The lowest BCUT2D eigenvalue weighted by molar-refractivity contribution is 0.0950. The fourth-order valence-corrected chi connectivity index (χ4v) is 5.08. The molecule has 5 heteroatoms. The molecule has 0 unspecified atom stereocenters. The summed E-state index contributed by atoms with van der Waals surface area (Å²) >= 11 is 0. The summed E-state index contributed by atoms with van der Waals surface area (Å²) in [5.41, 5.74) is 10.2. The zero-order chi connectivity index (χ0) is 28.1. The number of benzene rings is 2. The number of hydrogen-bond donors (Lipinski definition) is 2. The highest BCUT2D eigenvalue weighted by atomic mass is 16.1. The Balaban J connectivity index is 1.73. The lowest BCUT2D eigenvalue weighted by Gasteiger charge is -2.17. The first-order chi connectivity index (χ1) is 18.7. The van der Waals surface area contributed by atoms with Crippen LogP contribution in [0.1, 0.15) is 79.3 Å². The first kappa shape index (κ1) is 28.0. The fourth-order valence-electron chi connectivity index (χ4n) is 5.08. The van der Waals surface area contributed by atoms with Gasteiger partial charge in [0.15, 0.2) is 0 Å². The van der Waals surface area contributed by atoms with E-state index in [9.17, 15) is 9.59 Å². The van der Waals surface area contributed by atoms with E-state index in [-0.39, 0.29) is 18.0 Å². The summed E-state index contributed by atoms with van der Waals surface area (Å²) in [5.74, 6) is 0.220. The van der Waals surface area contributed by atoms with Crippen LogP contribution < -0.4 is 10.9 Å². The van der Waals surface area contributed by atoms with E-state index in [2.05, 4.69) is 60.3 Å². The van der Waals surface area contributed by atoms with Crippen molar-refractivity contribution in [3.8, 4) is 11.1 Å². The van der Waals surface area contributed by atoms with E-state index in [0.29, 0.717) is 17.0 Å². The van der Waals surface area contributed by atoms with Crippen LogP contribution in [0.3, 0.4) is 0 Å². The van der Waals surface area contributed by atoms with Gasteiger partial charge in [0.2, 0.25) is 0 Å². The third-order valence-electron chi connectivity index (χ3n) is 7.08. The molecule has 2 aromatic carbocycles. The Morgan fingerprint density at radius 3 is 2.49 bits per heavy atom. The van der Waals surface area contributed by atoms with Crippen LogP contribution in [0, 0.1) is 12.8 Å². The Morgan fingerprint density at radius 2 is 1.82 bits per heavy atom. The highest BCUT2D eigenvalue weighted by Gasteiger charge is 2.20. The van der Waals surface area contributed by atoms with E-state index < -0.39 is 0 Å². The van der Waals surface area contributed by atoms with Crippen LogP contribution in [0.15, 0.2) is 70.0 Å². The summed E-state index contributed by atoms with van der Waals surface area (Å²) in [6, 6.07) is 14.3. The monoisotopic (exact) mass is 521 g/mol. The fraction of sp³-hybridized carbons (Fsp3) is 0.324. The molecule has 5 nitrogen and oxygen atoms in total. The largest absolute Gasteiger partial charge is 0.348 e. The topological polar surface area (TPSA) is 74.3 Å². The molecule has 2 N–H and O–H groups in total. The third-order valence-corrected chi connectivity index (χ3v) is 7.08. The van der Waals surface area contributed by atoms with Gasteiger partial charge in [-0.25, -0.2) is 0 Å². The highest BCUT2D eigenvalue weighted by Crippen LogP contribution is 2.32. The van der Waals surface area contributed by atoms with Gasteiger partial charge in [0, 0.05) is 29.1 Å². The second-order valence-corrected chi connectivity index (χ2v) is 10.9. The van der Waals surface area contributed by atoms with Crippen molar-refractivity contribution in [2.75, 3.05) is 0 Å². The molecule has 0 saturated carbocycles. The van der Waals surface area contributed by atoms with Crippen LogP contribution in [0.2, 0.25) is 0 Å². The predicted octanol–water partition coefficient (Wildman–Crippen LogP) is 7.50. The SMILES string of the molecule is CCCc1cc(C)[nH]c(=O)c1CNC(=O)c1cc(-c2ccc(N=C(C)C)cc2)cc2c1C=CC=C(C(C)C)C2. The highest BCUT2D eigenvalue weighted by molar-refractivity contribution is 6.00. The number of aryl methyl sites for hydroxylation is 2. The molecule has 3 aromatic rings. The van der Waals surface area contributed by atoms with Gasteiger partial charge >= 0.3 is 0 Å². The first-order valence-electron chi connectivity index (χ1n) is 13.8. The molecular weight excluding hydrogens is 482 g/mol. The second kappa shape index (κ2) is 12.2. The molecule has 1 heterocycles. The zero-order valence-electron chi connectivity index (χ0n) is 23.9. The van der Waals surface area contributed by atoms with E-state index in [1.54, 1.807) is 0 Å². The summed E-state index contributed by atoms with van der Waals surface area (Å²) in [7, 11) is 0. The van der Waals surface area contributed by atoms with Crippen LogP contribution in [0.5, 0.6) is 0 Å². The maximum atomic E-state index is 13.7. The number of nitrogens with zero attached hydrogens (tertiary/aromatic N) is 1. The van der Waals surface area contributed by atoms with Crippen LogP contribution in [-0.2, 0) is 19.4 Å². The first-order valence-corrected chi connectivity index (χ1v) is 13.8. The van der Waals surface area contributed by atoms with E-state index in [1.807, 2.05) is 57.2 Å². The molecule has 0 aliphatic heterocycles. The number of nitrogens with one attached hydrogen (secondary N) is 2. The van der Waals surface area contributed by atoms with Crippen molar-refractivity contribution in [2.45, 2.75) is 67.3 Å². The number of aromatic nitrogens is 1. The van der Waals surface area contributed by atoms with Crippen LogP contribution in [0.25, 0.3) is 17.2 Å². The Bertz CT molecular complexity index is 1520. The average molecular weight is 522 g/mol. The Morgan fingerprint density at radius 1 is 1.08 bits per heavy atom. The Labute approximate surface area is 231 Å². The van der Waals surface area contributed by atoms with Gasteiger partial charge in [0.1, 0.15) is 0 Å². The van der Waals surface area contributed by atoms with Gasteiger partial charge in [-0.15, -0.1) is 0 Å². The van der Waals surface area contributed by atoms with Crippen LogP contribution >= 0.6 is 0 Å². The number of aliphatic imine (C=N–C) groups is 1. The molecule has 1 aliphatic carbocycles. The molecule has 0 spiro atoms. The Hall–Kier alpha value is -3.99. The van der Waals surface area contributed by atoms with Crippen molar-refractivity contribution in [3.63, 3.8) is 0 Å².